The van der Waals surface area contributed by atoms with Gasteiger partial charge in [-0.1, -0.05) is 0 Å². The van der Waals surface area contributed by atoms with E-state index >= 15 is 0 Å². The van der Waals surface area contributed by atoms with Gasteiger partial charge in [0.25, 0.3) is 0 Å². The van der Waals surface area contributed by atoms with E-state index in [4.69, 9.17) is 10.5 Å². The zero-order valence-electron chi connectivity index (χ0n) is 6.07. The molecule has 0 amide bonds. The Labute approximate surface area is 64.0 Å². The minimum absolute atomic E-state index is 0.373. The topological polar surface area (TPSA) is 65.2 Å². The summed E-state index contributed by atoms with van der Waals surface area (Å²) in [6, 6.07) is 1.54. The first-order chi connectivity index (χ1) is 5.18. The predicted octanol–water partition coefficient (Wildman–Crippen LogP) is 0.589. The molecule has 0 atom stereocenters. The molecule has 1 heterocycles. The Balaban J connectivity index is 2.79. The van der Waals surface area contributed by atoms with E-state index in [-0.39, 0.29) is 5.97 Å². The standard InChI is InChI=1S/C7H8N2O2/c1-5(10)11-7-2-6(8)3-9-4-7/h2-4H,8H2,1H3. The van der Waals surface area contributed by atoms with Crippen molar-refractivity contribution in [2.75, 3.05) is 5.73 Å². The third-order valence-corrected chi connectivity index (χ3v) is 0.996. The number of nitrogens with two attached hydrogens (primary N) is 1. The summed E-state index contributed by atoms with van der Waals surface area (Å²) in [7, 11) is 0. The van der Waals surface area contributed by atoms with Gasteiger partial charge < -0.3 is 10.5 Å². The molecule has 0 aliphatic heterocycles. The van der Waals surface area contributed by atoms with Crippen LogP contribution in [-0.4, -0.2) is 11.0 Å². The van der Waals surface area contributed by atoms with E-state index in [9.17, 15) is 4.79 Å². The lowest BCUT2D eigenvalue weighted by Crippen LogP contribution is -2.01. The third-order valence-electron chi connectivity index (χ3n) is 0.996. The van der Waals surface area contributed by atoms with Gasteiger partial charge in [0.05, 0.1) is 18.1 Å². The molecular formula is C7H8N2O2. The molecule has 0 saturated carbocycles. The number of ether oxygens (including phenoxy) is 1. The Kier molecular flexibility index (Phi) is 2.06. The Morgan fingerprint density at radius 1 is 1.64 bits per heavy atom. The van der Waals surface area contributed by atoms with Crippen molar-refractivity contribution in [1.29, 1.82) is 0 Å². The summed E-state index contributed by atoms with van der Waals surface area (Å²) in [4.78, 5) is 14.2. The van der Waals surface area contributed by atoms with E-state index in [0.717, 1.165) is 0 Å². The second-order valence-electron chi connectivity index (χ2n) is 2.05. The highest BCUT2D eigenvalue weighted by atomic mass is 16.5. The van der Waals surface area contributed by atoms with Crippen molar-refractivity contribution in [3.63, 3.8) is 0 Å². The summed E-state index contributed by atoms with van der Waals surface area (Å²) in [6.07, 6.45) is 2.91. The smallest absolute Gasteiger partial charge is 0.308 e. The number of pyridine rings is 1. The van der Waals surface area contributed by atoms with E-state index < -0.39 is 0 Å². The molecule has 0 fully saturated rings. The van der Waals surface area contributed by atoms with E-state index in [0.29, 0.717) is 11.4 Å². The second kappa shape index (κ2) is 3.01. The van der Waals surface area contributed by atoms with Crippen LogP contribution in [0.3, 0.4) is 0 Å². The quantitative estimate of drug-likeness (QED) is 0.598. The Morgan fingerprint density at radius 3 is 2.91 bits per heavy atom. The highest BCUT2D eigenvalue weighted by Gasteiger charge is 1.97. The van der Waals surface area contributed by atoms with Crippen LogP contribution in [0.25, 0.3) is 0 Å². The lowest BCUT2D eigenvalue weighted by molar-refractivity contribution is -0.131. The van der Waals surface area contributed by atoms with Crippen molar-refractivity contribution in [2.45, 2.75) is 6.92 Å². The molecule has 0 unspecified atom stereocenters. The minimum Gasteiger partial charge on any atom is -0.425 e. The number of rotatable bonds is 1. The fourth-order valence-corrected chi connectivity index (χ4v) is 0.657. The van der Waals surface area contributed by atoms with Gasteiger partial charge in [0.1, 0.15) is 0 Å². The van der Waals surface area contributed by atoms with E-state index in [2.05, 4.69) is 4.98 Å². The van der Waals surface area contributed by atoms with Gasteiger partial charge in [0.2, 0.25) is 0 Å². The molecule has 0 aliphatic carbocycles. The van der Waals surface area contributed by atoms with Crippen LogP contribution in [0.15, 0.2) is 18.5 Å². The van der Waals surface area contributed by atoms with Crippen molar-refractivity contribution >= 4 is 11.7 Å². The highest BCUT2D eigenvalue weighted by molar-refractivity contribution is 5.69. The lowest BCUT2D eigenvalue weighted by atomic mass is 10.4. The Bertz CT molecular complexity index is 273. The van der Waals surface area contributed by atoms with Crippen LogP contribution in [0.5, 0.6) is 5.75 Å². The van der Waals surface area contributed by atoms with Crippen molar-refractivity contribution in [1.82, 2.24) is 4.98 Å². The fourth-order valence-electron chi connectivity index (χ4n) is 0.657. The van der Waals surface area contributed by atoms with Gasteiger partial charge >= 0.3 is 5.97 Å². The second-order valence-corrected chi connectivity index (χ2v) is 2.05. The van der Waals surface area contributed by atoms with Crippen LogP contribution < -0.4 is 10.5 Å². The average Bonchev–Trinajstić information content (AvgIpc) is 1.85. The molecule has 1 aromatic heterocycles. The highest BCUT2D eigenvalue weighted by Crippen LogP contribution is 2.11. The molecule has 2 N–H and O–H groups in total. The molecule has 0 radical (unpaired) electrons. The van der Waals surface area contributed by atoms with Gasteiger partial charge in [-0.05, 0) is 0 Å². The number of hydrogen-bond acceptors (Lipinski definition) is 4. The zero-order chi connectivity index (χ0) is 8.27. The Morgan fingerprint density at radius 2 is 2.36 bits per heavy atom. The number of carbonyl (C=O) groups excluding carboxylic acids is 1. The number of nitrogens with zero attached hydrogens (tertiary/aromatic N) is 1. The first-order valence-corrected chi connectivity index (χ1v) is 3.07. The van der Waals surface area contributed by atoms with E-state index in [1.165, 1.54) is 25.4 Å². The van der Waals surface area contributed by atoms with Crippen molar-refractivity contribution < 1.29 is 9.53 Å². The molecule has 1 aromatic rings. The molecule has 0 aromatic carbocycles. The maximum absolute atomic E-state index is 10.4. The van der Waals surface area contributed by atoms with Gasteiger partial charge in [-0.3, -0.25) is 9.78 Å². The van der Waals surface area contributed by atoms with Crippen molar-refractivity contribution in [2.24, 2.45) is 0 Å². The molecule has 58 valence electrons. The first-order valence-electron chi connectivity index (χ1n) is 3.07. The molecule has 0 spiro atoms. The molecule has 11 heavy (non-hydrogen) atoms. The number of esters is 1. The summed E-state index contributed by atoms with van der Waals surface area (Å²) < 4.78 is 4.71. The monoisotopic (exact) mass is 152 g/mol. The molecule has 4 nitrogen and oxygen atoms in total. The van der Waals surface area contributed by atoms with Crippen LogP contribution in [-0.2, 0) is 4.79 Å². The summed E-state index contributed by atoms with van der Waals surface area (Å²) in [5.74, 6) is -0.00472. The number of hydrogen-bond donors (Lipinski definition) is 1. The molecule has 0 aliphatic rings. The van der Waals surface area contributed by atoms with Crippen LogP contribution in [0.2, 0.25) is 0 Å². The SMILES string of the molecule is CC(=O)Oc1cncc(N)c1. The molecule has 0 bridgehead atoms. The van der Waals surface area contributed by atoms with Gasteiger partial charge in [0, 0.05) is 13.0 Å². The third kappa shape index (κ3) is 2.25. The van der Waals surface area contributed by atoms with Gasteiger partial charge in [-0.25, -0.2) is 0 Å². The van der Waals surface area contributed by atoms with Crippen molar-refractivity contribution in [3.05, 3.63) is 18.5 Å². The minimum atomic E-state index is -0.377. The maximum Gasteiger partial charge on any atom is 0.308 e. The molecular weight excluding hydrogens is 144 g/mol. The summed E-state index contributed by atoms with van der Waals surface area (Å²) in [5.41, 5.74) is 5.86. The number of carbonyl (C=O) groups is 1. The van der Waals surface area contributed by atoms with Crippen LogP contribution in [0, 0.1) is 0 Å². The number of aromatic nitrogens is 1. The largest absolute Gasteiger partial charge is 0.425 e. The van der Waals surface area contributed by atoms with E-state index in [1.807, 2.05) is 0 Å². The van der Waals surface area contributed by atoms with Crippen LogP contribution in [0.1, 0.15) is 6.92 Å². The molecule has 0 saturated heterocycles. The van der Waals surface area contributed by atoms with Gasteiger partial charge in [-0.2, -0.15) is 0 Å². The lowest BCUT2D eigenvalue weighted by Gasteiger charge is -1.99. The van der Waals surface area contributed by atoms with E-state index in [1.54, 1.807) is 0 Å². The molecule has 4 heteroatoms. The maximum atomic E-state index is 10.4. The van der Waals surface area contributed by atoms with Gasteiger partial charge in [-0.15, -0.1) is 0 Å². The first kappa shape index (κ1) is 7.53. The fraction of sp³-hybridized carbons (Fsp3) is 0.143. The Hall–Kier alpha value is -1.58. The van der Waals surface area contributed by atoms with Crippen LogP contribution in [0.4, 0.5) is 5.69 Å². The van der Waals surface area contributed by atoms with Crippen LogP contribution >= 0.6 is 0 Å². The summed E-state index contributed by atoms with van der Waals surface area (Å²) in [5, 5.41) is 0. The predicted molar refractivity (Wildman–Crippen MR) is 40.0 cm³/mol. The zero-order valence-corrected chi connectivity index (χ0v) is 6.07. The normalized spacial score (nSPS) is 9.18. The number of nitrogen functional groups attached to an aromatic ring is 1. The number of anilines is 1. The average molecular weight is 152 g/mol. The van der Waals surface area contributed by atoms with Gasteiger partial charge in [0.15, 0.2) is 5.75 Å². The molecule has 1 rings (SSSR count). The summed E-state index contributed by atoms with van der Waals surface area (Å²) >= 11 is 0. The summed E-state index contributed by atoms with van der Waals surface area (Å²) in [6.45, 7) is 1.32. The van der Waals surface area contributed by atoms with Crippen molar-refractivity contribution in [3.8, 4) is 5.75 Å².